The van der Waals surface area contributed by atoms with Gasteiger partial charge in [-0.05, 0) is 30.9 Å². The number of aryl methyl sites for hydroxylation is 1. The number of hydrogen-bond donors (Lipinski definition) is 2. The lowest BCUT2D eigenvalue weighted by Crippen LogP contribution is -2.28. The molecule has 1 aromatic heterocycles. The summed E-state index contributed by atoms with van der Waals surface area (Å²) in [7, 11) is 0. The van der Waals surface area contributed by atoms with Crippen LogP contribution in [0.25, 0.3) is 0 Å². The van der Waals surface area contributed by atoms with Crippen molar-refractivity contribution in [3.63, 3.8) is 0 Å². The van der Waals surface area contributed by atoms with Gasteiger partial charge in [-0.15, -0.1) is 0 Å². The van der Waals surface area contributed by atoms with Crippen molar-refractivity contribution in [2.75, 3.05) is 5.32 Å². The number of pyridine rings is 1. The zero-order chi connectivity index (χ0) is 10.8. The first-order valence-corrected chi connectivity index (χ1v) is 5.16. The van der Waals surface area contributed by atoms with E-state index in [9.17, 15) is 4.79 Å². The number of amides is 1. The molecule has 4 heteroatoms. The monoisotopic (exact) mass is 205 g/mol. The fourth-order valence-corrected chi connectivity index (χ4v) is 1.92. The van der Waals surface area contributed by atoms with Gasteiger partial charge >= 0.3 is 0 Å². The molecule has 15 heavy (non-hydrogen) atoms. The number of carbonyl (C=O) groups excluding carboxylic acids is 1. The second-order valence-electron chi connectivity index (χ2n) is 4.01. The summed E-state index contributed by atoms with van der Waals surface area (Å²) in [6.07, 6.45) is 4.50. The molecular weight excluding hydrogens is 190 g/mol. The molecule has 1 aromatic rings. The van der Waals surface area contributed by atoms with E-state index >= 15 is 0 Å². The Hall–Kier alpha value is -1.42. The van der Waals surface area contributed by atoms with Gasteiger partial charge in [-0.3, -0.25) is 9.78 Å². The number of anilines is 1. The first-order chi connectivity index (χ1) is 7.15. The molecule has 0 fully saturated rings. The number of nitrogens with two attached hydrogens (primary N) is 1. The molecule has 1 aliphatic rings. The van der Waals surface area contributed by atoms with Crippen LogP contribution in [0.3, 0.4) is 0 Å². The number of rotatable bonds is 1. The summed E-state index contributed by atoms with van der Waals surface area (Å²) in [6, 6.07) is 2.20. The number of nitrogens with zero attached hydrogens (tertiary/aromatic N) is 1. The predicted molar refractivity (Wildman–Crippen MR) is 58.5 cm³/mol. The van der Waals surface area contributed by atoms with E-state index in [1.807, 2.05) is 6.07 Å². The summed E-state index contributed by atoms with van der Waals surface area (Å²) >= 11 is 0. The minimum Gasteiger partial charge on any atom is -0.327 e. The van der Waals surface area contributed by atoms with Crippen LogP contribution in [-0.2, 0) is 17.6 Å². The lowest BCUT2D eigenvalue weighted by molar-refractivity contribution is -0.114. The zero-order valence-corrected chi connectivity index (χ0v) is 8.79. The summed E-state index contributed by atoms with van der Waals surface area (Å²) in [5.74, 6) is -0.0724. The van der Waals surface area contributed by atoms with Crippen LogP contribution in [0.4, 0.5) is 5.69 Å². The maximum atomic E-state index is 10.9. The molecule has 80 valence electrons. The van der Waals surface area contributed by atoms with E-state index in [1.165, 1.54) is 12.5 Å². The zero-order valence-electron chi connectivity index (χ0n) is 8.79. The average Bonchev–Trinajstić information content (AvgIpc) is 2.16. The molecule has 3 N–H and O–H groups in total. The van der Waals surface area contributed by atoms with Crippen LogP contribution >= 0.6 is 0 Å². The number of fused-ring (bicyclic) bond motifs is 1. The van der Waals surface area contributed by atoms with Gasteiger partial charge < -0.3 is 11.1 Å². The third-order valence-corrected chi connectivity index (χ3v) is 2.61. The summed E-state index contributed by atoms with van der Waals surface area (Å²) < 4.78 is 0. The highest BCUT2D eigenvalue weighted by Crippen LogP contribution is 2.21. The Labute approximate surface area is 88.9 Å². The average molecular weight is 205 g/mol. The molecule has 1 aliphatic carbocycles. The van der Waals surface area contributed by atoms with Crippen molar-refractivity contribution in [2.24, 2.45) is 5.73 Å². The molecule has 1 atom stereocenters. The standard InChI is InChI=1S/C11H15N3O/c1-7(15)14-10-5-8-4-9(12)2-3-11(8)13-6-10/h5-6,9H,2-4,12H2,1H3,(H,14,15). The first-order valence-electron chi connectivity index (χ1n) is 5.16. The molecule has 0 aromatic carbocycles. The number of aromatic nitrogens is 1. The van der Waals surface area contributed by atoms with Gasteiger partial charge in [0.1, 0.15) is 0 Å². The first kappa shape index (κ1) is 10.1. The Balaban J connectivity index is 2.24. The number of nitrogens with one attached hydrogen (secondary N) is 1. The van der Waals surface area contributed by atoms with Crippen molar-refractivity contribution in [1.82, 2.24) is 4.98 Å². The molecule has 0 bridgehead atoms. The lowest BCUT2D eigenvalue weighted by Gasteiger charge is -2.20. The molecule has 2 rings (SSSR count). The van der Waals surface area contributed by atoms with E-state index in [0.717, 1.165) is 30.6 Å². The number of carbonyl (C=O) groups is 1. The second-order valence-corrected chi connectivity index (χ2v) is 4.01. The third-order valence-electron chi connectivity index (χ3n) is 2.61. The maximum absolute atomic E-state index is 10.9. The Morgan fingerprint density at radius 2 is 2.47 bits per heavy atom. The van der Waals surface area contributed by atoms with Gasteiger partial charge in [-0.2, -0.15) is 0 Å². The summed E-state index contributed by atoms with van der Waals surface area (Å²) in [6.45, 7) is 1.49. The quantitative estimate of drug-likeness (QED) is 0.714. The second kappa shape index (κ2) is 3.98. The van der Waals surface area contributed by atoms with Gasteiger partial charge in [0.2, 0.25) is 5.91 Å². The van der Waals surface area contributed by atoms with Gasteiger partial charge in [0.25, 0.3) is 0 Å². The highest BCUT2D eigenvalue weighted by atomic mass is 16.1. The smallest absolute Gasteiger partial charge is 0.221 e. The Kier molecular flexibility index (Phi) is 2.68. The van der Waals surface area contributed by atoms with E-state index in [4.69, 9.17) is 5.73 Å². The topological polar surface area (TPSA) is 68.0 Å². The van der Waals surface area contributed by atoms with Crippen molar-refractivity contribution in [3.05, 3.63) is 23.5 Å². The van der Waals surface area contributed by atoms with E-state index in [2.05, 4.69) is 10.3 Å². The summed E-state index contributed by atoms with van der Waals surface area (Å²) in [5, 5.41) is 2.73. The Morgan fingerprint density at radius 1 is 1.67 bits per heavy atom. The van der Waals surface area contributed by atoms with Gasteiger partial charge in [0.05, 0.1) is 11.9 Å². The van der Waals surface area contributed by atoms with Crippen LogP contribution in [0, 0.1) is 0 Å². The molecule has 4 nitrogen and oxygen atoms in total. The molecule has 0 saturated heterocycles. The Morgan fingerprint density at radius 3 is 3.20 bits per heavy atom. The molecule has 1 unspecified atom stereocenters. The maximum Gasteiger partial charge on any atom is 0.221 e. The lowest BCUT2D eigenvalue weighted by atomic mass is 9.92. The molecule has 0 radical (unpaired) electrons. The SMILES string of the molecule is CC(=O)Nc1cnc2c(c1)CC(N)CC2. The van der Waals surface area contributed by atoms with Crippen molar-refractivity contribution in [1.29, 1.82) is 0 Å². The van der Waals surface area contributed by atoms with Crippen LogP contribution in [0.2, 0.25) is 0 Å². The normalized spacial score (nSPS) is 19.5. The highest BCUT2D eigenvalue weighted by Gasteiger charge is 2.16. The highest BCUT2D eigenvalue weighted by molar-refractivity contribution is 5.88. The van der Waals surface area contributed by atoms with E-state index in [1.54, 1.807) is 6.20 Å². The van der Waals surface area contributed by atoms with Crippen molar-refractivity contribution in [3.8, 4) is 0 Å². The minimum absolute atomic E-state index is 0.0724. The van der Waals surface area contributed by atoms with Crippen LogP contribution < -0.4 is 11.1 Å². The summed E-state index contributed by atoms with van der Waals surface area (Å²) in [4.78, 5) is 15.2. The number of hydrogen-bond acceptors (Lipinski definition) is 3. The van der Waals surface area contributed by atoms with Crippen molar-refractivity contribution >= 4 is 11.6 Å². The largest absolute Gasteiger partial charge is 0.327 e. The van der Waals surface area contributed by atoms with E-state index < -0.39 is 0 Å². The van der Waals surface area contributed by atoms with Crippen LogP contribution in [0.15, 0.2) is 12.3 Å². The molecule has 1 heterocycles. The van der Waals surface area contributed by atoms with Gasteiger partial charge in [-0.1, -0.05) is 0 Å². The molecule has 0 aliphatic heterocycles. The van der Waals surface area contributed by atoms with Gasteiger partial charge in [0, 0.05) is 18.7 Å². The van der Waals surface area contributed by atoms with Gasteiger partial charge in [-0.25, -0.2) is 0 Å². The molecule has 0 spiro atoms. The minimum atomic E-state index is -0.0724. The van der Waals surface area contributed by atoms with Crippen LogP contribution in [0.1, 0.15) is 24.6 Å². The predicted octanol–water partition coefficient (Wildman–Crippen LogP) is 0.856. The third kappa shape index (κ3) is 2.33. The molecule has 0 saturated carbocycles. The van der Waals surface area contributed by atoms with Crippen LogP contribution in [0.5, 0.6) is 0 Å². The Bertz CT molecular complexity index is 389. The van der Waals surface area contributed by atoms with E-state index in [-0.39, 0.29) is 11.9 Å². The molecule has 1 amide bonds. The van der Waals surface area contributed by atoms with Crippen molar-refractivity contribution in [2.45, 2.75) is 32.2 Å². The summed E-state index contributed by atoms with van der Waals surface area (Å²) in [5.41, 5.74) is 8.93. The fourth-order valence-electron chi connectivity index (χ4n) is 1.92. The van der Waals surface area contributed by atoms with E-state index in [0.29, 0.717) is 0 Å². The van der Waals surface area contributed by atoms with Gasteiger partial charge in [0.15, 0.2) is 0 Å². The fraction of sp³-hybridized carbons (Fsp3) is 0.455. The van der Waals surface area contributed by atoms with Crippen molar-refractivity contribution < 1.29 is 4.79 Å². The molecular formula is C11H15N3O. The van der Waals surface area contributed by atoms with Crippen LogP contribution in [-0.4, -0.2) is 16.9 Å².